The predicted molar refractivity (Wildman–Crippen MR) is 67.9 cm³/mol. The first-order chi connectivity index (χ1) is 7.68. The van der Waals surface area contributed by atoms with E-state index in [1.165, 1.54) is 12.8 Å². The lowest BCUT2D eigenvalue weighted by molar-refractivity contribution is 0.109. The molecule has 4 heteroatoms. The van der Waals surface area contributed by atoms with Crippen LogP contribution in [0.1, 0.15) is 12.8 Å². The highest BCUT2D eigenvalue weighted by Gasteiger charge is 2.14. The van der Waals surface area contributed by atoms with E-state index in [9.17, 15) is 0 Å². The highest BCUT2D eigenvalue weighted by Crippen LogP contribution is 2.10. The average molecular weight is 229 g/mol. The van der Waals surface area contributed by atoms with Gasteiger partial charge in [0.2, 0.25) is 0 Å². The van der Waals surface area contributed by atoms with Gasteiger partial charge in [-0.05, 0) is 34.0 Å². The fourth-order valence-corrected chi connectivity index (χ4v) is 1.82. The summed E-state index contributed by atoms with van der Waals surface area (Å²) in [5.41, 5.74) is 0. The minimum atomic E-state index is 0.465. The Hall–Kier alpha value is -0.160. The van der Waals surface area contributed by atoms with Gasteiger partial charge in [-0.25, -0.2) is 0 Å². The summed E-state index contributed by atoms with van der Waals surface area (Å²) < 4.78 is 5.56. The van der Waals surface area contributed by atoms with Crippen molar-refractivity contribution in [2.24, 2.45) is 0 Å². The maximum absolute atomic E-state index is 5.56. The van der Waals surface area contributed by atoms with Crippen molar-refractivity contribution in [3.05, 3.63) is 0 Å². The van der Waals surface area contributed by atoms with Crippen molar-refractivity contribution in [2.75, 3.05) is 60.5 Å². The normalized spacial score (nSPS) is 21.2. The summed E-state index contributed by atoms with van der Waals surface area (Å²) in [6.45, 7) is 6.40. The molecule has 0 aromatic rings. The van der Waals surface area contributed by atoms with Crippen LogP contribution in [0.4, 0.5) is 0 Å². The summed E-state index contributed by atoms with van der Waals surface area (Å²) in [6.07, 6.45) is 2.92. The molecule has 1 fully saturated rings. The van der Waals surface area contributed by atoms with E-state index in [-0.39, 0.29) is 0 Å². The fraction of sp³-hybridized carbons (Fsp3) is 1.00. The number of nitrogens with zero attached hydrogens (tertiary/aromatic N) is 2. The third-order valence-corrected chi connectivity index (χ3v) is 3.00. The van der Waals surface area contributed by atoms with E-state index in [0.717, 1.165) is 39.3 Å². The van der Waals surface area contributed by atoms with Crippen LogP contribution in [0.15, 0.2) is 0 Å². The minimum Gasteiger partial charge on any atom is -0.377 e. The van der Waals surface area contributed by atoms with Crippen molar-refractivity contribution in [3.8, 4) is 0 Å². The number of rotatable bonds is 8. The molecule has 1 aliphatic rings. The molecular formula is C12H27N3O. The van der Waals surface area contributed by atoms with E-state index < -0.39 is 0 Å². The topological polar surface area (TPSA) is 27.7 Å². The molecule has 0 aromatic carbocycles. The third-order valence-electron chi connectivity index (χ3n) is 3.00. The Morgan fingerprint density at radius 2 is 2.00 bits per heavy atom. The Morgan fingerprint density at radius 1 is 1.19 bits per heavy atom. The first-order valence-electron chi connectivity index (χ1n) is 6.34. The van der Waals surface area contributed by atoms with Crippen LogP contribution in [-0.2, 0) is 4.74 Å². The maximum Gasteiger partial charge on any atom is 0.0700 e. The number of hydrogen-bond acceptors (Lipinski definition) is 4. The molecule has 1 aliphatic heterocycles. The molecule has 1 unspecified atom stereocenters. The Morgan fingerprint density at radius 3 is 2.62 bits per heavy atom. The van der Waals surface area contributed by atoms with Crippen LogP contribution in [0.3, 0.4) is 0 Å². The van der Waals surface area contributed by atoms with Crippen molar-refractivity contribution >= 4 is 0 Å². The predicted octanol–water partition coefficient (Wildman–Crippen LogP) is 0.248. The lowest BCUT2D eigenvalue weighted by Crippen LogP contribution is -2.36. The summed E-state index contributed by atoms with van der Waals surface area (Å²) in [4.78, 5) is 4.58. The number of ether oxygens (including phenoxy) is 1. The van der Waals surface area contributed by atoms with E-state index in [4.69, 9.17) is 4.74 Å². The highest BCUT2D eigenvalue weighted by atomic mass is 16.5. The second-order valence-corrected chi connectivity index (χ2v) is 4.95. The van der Waals surface area contributed by atoms with E-state index in [1.54, 1.807) is 0 Å². The third kappa shape index (κ3) is 6.43. The molecule has 0 spiro atoms. The minimum absolute atomic E-state index is 0.465. The SMILES string of the molecule is CN(C)CCN(C)CCNCC1CCCO1. The molecular weight excluding hydrogens is 202 g/mol. The quantitative estimate of drug-likeness (QED) is 0.604. The van der Waals surface area contributed by atoms with Gasteiger partial charge in [0.15, 0.2) is 0 Å². The molecule has 1 heterocycles. The number of likely N-dealkylation sites (N-methyl/N-ethyl adjacent to an activating group) is 2. The van der Waals surface area contributed by atoms with E-state index >= 15 is 0 Å². The van der Waals surface area contributed by atoms with Crippen LogP contribution >= 0.6 is 0 Å². The van der Waals surface area contributed by atoms with Crippen molar-refractivity contribution in [1.29, 1.82) is 0 Å². The van der Waals surface area contributed by atoms with Gasteiger partial charge in [-0.3, -0.25) is 0 Å². The van der Waals surface area contributed by atoms with Crippen LogP contribution in [0.25, 0.3) is 0 Å². The standard InChI is InChI=1S/C12H27N3O/c1-14(2)8-9-15(3)7-6-13-11-12-5-4-10-16-12/h12-13H,4-11H2,1-3H3. The second-order valence-electron chi connectivity index (χ2n) is 4.95. The van der Waals surface area contributed by atoms with Gasteiger partial charge >= 0.3 is 0 Å². The van der Waals surface area contributed by atoms with Crippen molar-refractivity contribution < 1.29 is 4.74 Å². The molecule has 1 N–H and O–H groups in total. The molecule has 0 saturated carbocycles. The number of hydrogen-bond donors (Lipinski definition) is 1. The van der Waals surface area contributed by atoms with Crippen LogP contribution in [0.5, 0.6) is 0 Å². The second kappa shape index (κ2) is 8.01. The van der Waals surface area contributed by atoms with Gasteiger partial charge in [0, 0.05) is 39.3 Å². The van der Waals surface area contributed by atoms with Crippen LogP contribution in [-0.4, -0.2) is 76.4 Å². The van der Waals surface area contributed by atoms with Crippen LogP contribution < -0.4 is 5.32 Å². The van der Waals surface area contributed by atoms with Gasteiger partial charge in [-0.1, -0.05) is 0 Å². The molecule has 96 valence electrons. The molecule has 1 rings (SSSR count). The summed E-state index contributed by atoms with van der Waals surface area (Å²) in [7, 11) is 6.41. The van der Waals surface area contributed by atoms with E-state index in [0.29, 0.717) is 6.10 Å². The summed E-state index contributed by atoms with van der Waals surface area (Å²) in [6, 6.07) is 0. The fourth-order valence-electron chi connectivity index (χ4n) is 1.82. The van der Waals surface area contributed by atoms with Crippen molar-refractivity contribution in [1.82, 2.24) is 15.1 Å². The molecule has 16 heavy (non-hydrogen) atoms. The molecule has 0 amide bonds. The molecule has 0 radical (unpaired) electrons. The molecule has 4 nitrogen and oxygen atoms in total. The van der Waals surface area contributed by atoms with Gasteiger partial charge in [-0.15, -0.1) is 0 Å². The molecule has 1 atom stereocenters. The van der Waals surface area contributed by atoms with Crippen molar-refractivity contribution in [2.45, 2.75) is 18.9 Å². The summed E-state index contributed by atoms with van der Waals surface area (Å²) in [5.74, 6) is 0. The van der Waals surface area contributed by atoms with Crippen LogP contribution in [0, 0.1) is 0 Å². The Balaban J connectivity index is 1.89. The maximum atomic E-state index is 5.56. The average Bonchev–Trinajstić information content (AvgIpc) is 2.74. The smallest absolute Gasteiger partial charge is 0.0700 e. The van der Waals surface area contributed by atoms with Gasteiger partial charge < -0.3 is 19.9 Å². The zero-order valence-corrected chi connectivity index (χ0v) is 11.0. The zero-order valence-electron chi connectivity index (χ0n) is 11.0. The van der Waals surface area contributed by atoms with Gasteiger partial charge in [-0.2, -0.15) is 0 Å². The van der Waals surface area contributed by atoms with E-state index in [2.05, 4.69) is 36.3 Å². The molecule has 0 aromatic heterocycles. The summed E-state index contributed by atoms with van der Waals surface area (Å²) >= 11 is 0. The lowest BCUT2D eigenvalue weighted by Gasteiger charge is -2.20. The Bertz CT molecular complexity index is 170. The van der Waals surface area contributed by atoms with Crippen molar-refractivity contribution in [3.63, 3.8) is 0 Å². The zero-order chi connectivity index (χ0) is 11.8. The van der Waals surface area contributed by atoms with E-state index in [1.807, 2.05) is 0 Å². The Kier molecular flexibility index (Phi) is 6.96. The molecule has 1 saturated heterocycles. The lowest BCUT2D eigenvalue weighted by atomic mass is 10.2. The molecule has 0 bridgehead atoms. The highest BCUT2D eigenvalue weighted by molar-refractivity contribution is 4.67. The largest absolute Gasteiger partial charge is 0.377 e. The first kappa shape index (κ1) is 13.9. The van der Waals surface area contributed by atoms with Gasteiger partial charge in [0.05, 0.1) is 6.10 Å². The monoisotopic (exact) mass is 229 g/mol. The first-order valence-corrected chi connectivity index (χ1v) is 6.34. The number of nitrogens with one attached hydrogen (secondary N) is 1. The van der Waals surface area contributed by atoms with Gasteiger partial charge in [0.1, 0.15) is 0 Å². The molecule has 0 aliphatic carbocycles. The summed E-state index contributed by atoms with van der Waals surface area (Å²) in [5, 5.41) is 3.47. The van der Waals surface area contributed by atoms with Gasteiger partial charge in [0.25, 0.3) is 0 Å². The Labute approximate surface area is 99.9 Å². The van der Waals surface area contributed by atoms with Crippen LogP contribution in [0.2, 0.25) is 0 Å².